The highest BCUT2D eigenvalue weighted by molar-refractivity contribution is 5.96. The van der Waals surface area contributed by atoms with Crippen molar-refractivity contribution in [1.29, 1.82) is 5.26 Å². The third-order valence-corrected chi connectivity index (χ3v) is 1.98. The Labute approximate surface area is 88.9 Å². The van der Waals surface area contributed by atoms with Gasteiger partial charge in [0.05, 0.1) is 18.0 Å². The molecular weight excluding hydrogens is 190 g/mol. The number of rotatable bonds is 2. The van der Waals surface area contributed by atoms with Crippen molar-refractivity contribution in [2.75, 3.05) is 5.32 Å². The van der Waals surface area contributed by atoms with E-state index in [0.29, 0.717) is 5.69 Å². The van der Waals surface area contributed by atoms with Gasteiger partial charge in [-0.2, -0.15) is 5.26 Å². The fourth-order valence-corrected chi connectivity index (χ4v) is 0.961. The second kappa shape index (κ2) is 4.09. The Morgan fingerprint density at radius 2 is 2.20 bits per heavy atom. The number of hydrogen-bond donors (Lipinski definition) is 1. The zero-order valence-electron chi connectivity index (χ0n) is 9.03. The van der Waals surface area contributed by atoms with Crippen molar-refractivity contribution in [1.82, 2.24) is 4.98 Å². The minimum absolute atomic E-state index is 0.322. The maximum Gasteiger partial charge on any atom is 0.244 e. The third kappa shape index (κ3) is 2.78. The lowest BCUT2D eigenvalue weighted by molar-refractivity contribution is -0.121. The maximum atomic E-state index is 11.6. The third-order valence-electron chi connectivity index (χ3n) is 1.98. The van der Waals surface area contributed by atoms with Gasteiger partial charge in [0.15, 0.2) is 0 Å². The number of aromatic nitrogens is 1. The molecule has 1 N–H and O–H groups in total. The van der Waals surface area contributed by atoms with Gasteiger partial charge in [-0.15, -0.1) is 0 Å². The van der Waals surface area contributed by atoms with Crippen molar-refractivity contribution in [3.63, 3.8) is 0 Å². The lowest BCUT2D eigenvalue weighted by atomic mass is 9.95. The maximum absolute atomic E-state index is 11.6. The van der Waals surface area contributed by atoms with Crippen molar-refractivity contribution >= 4 is 11.6 Å². The van der Waals surface area contributed by atoms with Gasteiger partial charge < -0.3 is 5.32 Å². The zero-order chi connectivity index (χ0) is 11.5. The average Bonchev–Trinajstić information content (AvgIpc) is 2.17. The molecule has 1 amide bonds. The molecule has 0 aromatic carbocycles. The summed E-state index contributed by atoms with van der Waals surface area (Å²) in [6.07, 6.45) is 3.25. The van der Waals surface area contributed by atoms with Gasteiger partial charge in [0.25, 0.3) is 0 Å². The van der Waals surface area contributed by atoms with E-state index in [9.17, 15) is 4.79 Å². The van der Waals surface area contributed by atoms with E-state index < -0.39 is 5.41 Å². The molecule has 0 saturated heterocycles. The van der Waals surface area contributed by atoms with Crippen molar-refractivity contribution in [2.45, 2.75) is 20.8 Å². The number of amides is 1. The van der Waals surface area contributed by atoms with Crippen LogP contribution in [-0.2, 0) is 4.79 Å². The molecule has 1 rings (SSSR count). The molecule has 78 valence electrons. The van der Waals surface area contributed by atoms with Crippen LogP contribution in [0.3, 0.4) is 0 Å². The first kappa shape index (κ1) is 11.2. The molecule has 0 radical (unpaired) electrons. The Hall–Kier alpha value is -1.89. The fraction of sp³-hybridized carbons (Fsp3) is 0.364. The zero-order valence-corrected chi connectivity index (χ0v) is 9.03. The summed E-state index contributed by atoms with van der Waals surface area (Å²) < 4.78 is 0. The lowest BCUT2D eigenvalue weighted by Gasteiger charge is -2.14. The molecule has 0 atom stereocenters. The minimum atomic E-state index is -1.02. The SMILES string of the molecule is Cc1cncc(NC(=O)C(C)(C)C#N)c1. The van der Waals surface area contributed by atoms with Crippen LogP contribution in [0.25, 0.3) is 0 Å². The predicted octanol–water partition coefficient (Wildman–Crippen LogP) is 1.88. The molecule has 1 aromatic heterocycles. The molecule has 0 aliphatic rings. The van der Waals surface area contributed by atoms with E-state index in [2.05, 4.69) is 10.3 Å². The molecule has 0 aliphatic carbocycles. The van der Waals surface area contributed by atoms with Crippen LogP contribution in [0.1, 0.15) is 19.4 Å². The van der Waals surface area contributed by atoms with E-state index in [1.807, 2.05) is 13.0 Å². The van der Waals surface area contributed by atoms with Crippen LogP contribution in [0.2, 0.25) is 0 Å². The summed E-state index contributed by atoms with van der Waals surface area (Å²) in [5.41, 5.74) is 0.551. The van der Waals surface area contributed by atoms with Crippen LogP contribution in [0, 0.1) is 23.7 Å². The molecule has 1 aromatic rings. The van der Waals surface area contributed by atoms with Gasteiger partial charge in [-0.1, -0.05) is 0 Å². The summed E-state index contributed by atoms with van der Waals surface area (Å²) in [5.74, 6) is -0.322. The molecule has 15 heavy (non-hydrogen) atoms. The Morgan fingerprint density at radius 1 is 1.53 bits per heavy atom. The first-order chi connectivity index (χ1) is 6.95. The van der Waals surface area contributed by atoms with E-state index in [1.165, 1.54) is 0 Å². The summed E-state index contributed by atoms with van der Waals surface area (Å²) in [5, 5.41) is 11.4. The van der Waals surface area contributed by atoms with E-state index in [-0.39, 0.29) is 5.91 Å². The van der Waals surface area contributed by atoms with Crippen molar-refractivity contribution < 1.29 is 4.79 Å². The Morgan fingerprint density at radius 3 is 2.73 bits per heavy atom. The standard InChI is InChI=1S/C11H13N3O/c1-8-4-9(6-13-5-8)14-10(15)11(2,3)7-12/h4-6H,1-3H3,(H,14,15). The number of nitrogens with one attached hydrogen (secondary N) is 1. The Kier molecular flexibility index (Phi) is 3.05. The van der Waals surface area contributed by atoms with Gasteiger partial charge in [0, 0.05) is 6.20 Å². The second-order valence-electron chi connectivity index (χ2n) is 3.94. The fourth-order valence-electron chi connectivity index (χ4n) is 0.961. The van der Waals surface area contributed by atoms with Crippen LogP contribution < -0.4 is 5.32 Å². The molecule has 0 spiro atoms. The molecule has 4 nitrogen and oxygen atoms in total. The average molecular weight is 203 g/mol. The van der Waals surface area contributed by atoms with Gasteiger partial charge in [0.1, 0.15) is 5.41 Å². The Bertz CT molecular complexity index is 418. The summed E-state index contributed by atoms with van der Waals surface area (Å²) >= 11 is 0. The first-order valence-corrected chi connectivity index (χ1v) is 4.60. The molecule has 4 heteroatoms. The van der Waals surface area contributed by atoms with Crippen molar-refractivity contribution in [3.8, 4) is 6.07 Å². The second-order valence-corrected chi connectivity index (χ2v) is 3.94. The number of hydrogen-bond acceptors (Lipinski definition) is 3. The molecule has 0 aliphatic heterocycles. The Balaban J connectivity index is 2.81. The van der Waals surface area contributed by atoms with E-state index in [1.54, 1.807) is 32.3 Å². The lowest BCUT2D eigenvalue weighted by Crippen LogP contribution is -2.29. The summed E-state index contributed by atoms with van der Waals surface area (Å²) in [7, 11) is 0. The van der Waals surface area contributed by atoms with Crippen LogP contribution in [0.15, 0.2) is 18.5 Å². The topological polar surface area (TPSA) is 65.8 Å². The number of carbonyl (C=O) groups is 1. The largest absolute Gasteiger partial charge is 0.323 e. The highest BCUT2D eigenvalue weighted by atomic mass is 16.2. The van der Waals surface area contributed by atoms with Gasteiger partial charge in [-0.3, -0.25) is 9.78 Å². The summed E-state index contributed by atoms with van der Waals surface area (Å²) in [6, 6.07) is 3.75. The van der Waals surface area contributed by atoms with Gasteiger partial charge in [0.2, 0.25) is 5.91 Å². The van der Waals surface area contributed by atoms with Gasteiger partial charge >= 0.3 is 0 Å². The predicted molar refractivity (Wildman–Crippen MR) is 57.0 cm³/mol. The summed E-state index contributed by atoms with van der Waals surface area (Å²) in [6.45, 7) is 5.04. The van der Waals surface area contributed by atoms with Crippen LogP contribution >= 0.6 is 0 Å². The number of pyridine rings is 1. The summed E-state index contributed by atoms with van der Waals surface area (Å²) in [4.78, 5) is 15.6. The van der Waals surface area contributed by atoms with Crippen LogP contribution in [-0.4, -0.2) is 10.9 Å². The minimum Gasteiger partial charge on any atom is -0.323 e. The monoisotopic (exact) mass is 203 g/mol. The van der Waals surface area contributed by atoms with E-state index in [4.69, 9.17) is 5.26 Å². The smallest absolute Gasteiger partial charge is 0.244 e. The van der Waals surface area contributed by atoms with Crippen molar-refractivity contribution in [2.24, 2.45) is 5.41 Å². The number of nitriles is 1. The van der Waals surface area contributed by atoms with Crippen molar-refractivity contribution in [3.05, 3.63) is 24.0 Å². The van der Waals surface area contributed by atoms with Gasteiger partial charge in [-0.05, 0) is 32.4 Å². The first-order valence-electron chi connectivity index (χ1n) is 4.60. The molecule has 0 fully saturated rings. The number of anilines is 1. The quantitative estimate of drug-likeness (QED) is 0.798. The highest BCUT2D eigenvalue weighted by Crippen LogP contribution is 2.17. The number of nitrogens with zero attached hydrogens (tertiary/aromatic N) is 2. The highest BCUT2D eigenvalue weighted by Gasteiger charge is 2.27. The van der Waals surface area contributed by atoms with Crippen LogP contribution in [0.5, 0.6) is 0 Å². The molecular formula is C11H13N3O. The van der Waals surface area contributed by atoms with Crippen LogP contribution in [0.4, 0.5) is 5.69 Å². The van der Waals surface area contributed by atoms with E-state index >= 15 is 0 Å². The molecule has 0 bridgehead atoms. The molecule has 1 heterocycles. The molecule has 0 saturated carbocycles. The number of carbonyl (C=O) groups excluding carboxylic acids is 1. The number of aryl methyl sites for hydroxylation is 1. The molecule has 0 unspecified atom stereocenters. The normalized spacial score (nSPS) is 10.5. The van der Waals surface area contributed by atoms with Gasteiger partial charge in [-0.25, -0.2) is 0 Å². The van der Waals surface area contributed by atoms with E-state index in [0.717, 1.165) is 5.56 Å².